The Morgan fingerprint density at radius 3 is 1.50 bits per heavy atom. The second-order valence-electron chi connectivity index (χ2n) is 7.41. The molecule has 24 heavy (non-hydrogen) atoms. The van der Waals surface area contributed by atoms with Crippen LogP contribution in [0.25, 0.3) is 0 Å². The smallest absolute Gasteiger partial charge is 0.0915 e. The molecule has 0 fully saturated rings. The summed E-state index contributed by atoms with van der Waals surface area (Å²) >= 11 is 0. The first-order valence-electron chi connectivity index (χ1n) is 8.75. The largest absolute Gasteiger partial charge is 0.387 e. The second kappa shape index (κ2) is 11.4. The third-order valence-corrected chi connectivity index (χ3v) is 3.77. The van der Waals surface area contributed by atoms with Gasteiger partial charge >= 0.3 is 0 Å². The van der Waals surface area contributed by atoms with Crippen molar-refractivity contribution in [1.29, 1.82) is 0 Å². The first kappa shape index (κ1) is 23.8. The van der Waals surface area contributed by atoms with Crippen LogP contribution >= 0.6 is 0 Å². The van der Waals surface area contributed by atoms with Gasteiger partial charge in [0.05, 0.1) is 63.1 Å². The molecule has 0 spiro atoms. The van der Waals surface area contributed by atoms with Gasteiger partial charge in [0.1, 0.15) is 0 Å². The summed E-state index contributed by atoms with van der Waals surface area (Å²) < 4.78 is 27.6. The Balaban J connectivity index is 3.69. The zero-order valence-electron chi connectivity index (χ0n) is 16.6. The molecule has 0 radical (unpaired) electrons. The Labute approximate surface area is 147 Å². The van der Waals surface area contributed by atoms with Gasteiger partial charge in [0.15, 0.2) is 0 Å². The molecule has 0 bridgehead atoms. The quantitative estimate of drug-likeness (QED) is 0.458. The van der Waals surface area contributed by atoms with Crippen molar-refractivity contribution in [2.45, 2.75) is 65.3 Å². The van der Waals surface area contributed by atoms with Crippen molar-refractivity contribution in [2.24, 2.45) is 0 Å². The summed E-state index contributed by atoms with van der Waals surface area (Å²) in [7, 11) is 0. The molecule has 0 amide bonds. The minimum Gasteiger partial charge on any atom is -0.387 e. The molecule has 1 N–H and O–H groups in total. The lowest BCUT2D eigenvalue weighted by Gasteiger charge is -2.43. The molecule has 0 unspecified atom stereocenters. The summed E-state index contributed by atoms with van der Waals surface area (Å²) in [6.45, 7) is 17.6. The molecule has 0 saturated carbocycles. The Morgan fingerprint density at radius 1 is 0.667 bits per heavy atom. The van der Waals surface area contributed by atoms with E-state index in [1.807, 2.05) is 34.6 Å². The lowest BCUT2D eigenvalue weighted by molar-refractivity contribution is -0.217. The van der Waals surface area contributed by atoms with E-state index >= 15 is 0 Å². The van der Waals surface area contributed by atoms with Gasteiger partial charge in [-0.25, -0.2) is 0 Å². The van der Waals surface area contributed by atoms with E-state index in [0.29, 0.717) is 52.9 Å². The highest BCUT2D eigenvalue weighted by atomic mass is 16.6. The van der Waals surface area contributed by atoms with Crippen molar-refractivity contribution < 1.29 is 28.8 Å². The molecule has 0 aliphatic heterocycles. The number of hydrogen-bond donors (Lipinski definition) is 1. The average molecular weight is 350 g/mol. The topological polar surface area (TPSA) is 66.4 Å². The summed E-state index contributed by atoms with van der Waals surface area (Å²) in [5.41, 5.74) is -2.10. The third-order valence-electron chi connectivity index (χ3n) is 3.77. The van der Waals surface area contributed by atoms with Gasteiger partial charge in [0.2, 0.25) is 0 Å². The van der Waals surface area contributed by atoms with Gasteiger partial charge in [0.25, 0.3) is 0 Å². The van der Waals surface area contributed by atoms with Gasteiger partial charge in [-0.3, -0.25) is 0 Å². The van der Waals surface area contributed by atoms with Crippen LogP contribution in [0.3, 0.4) is 0 Å². The SMILES string of the molecule is CCOCCOCCOCCOCC(C)(C)OC(C)(C)C(C)(C)O. The van der Waals surface area contributed by atoms with Crippen LogP contribution < -0.4 is 0 Å². The van der Waals surface area contributed by atoms with Gasteiger partial charge in [-0.05, 0) is 48.5 Å². The summed E-state index contributed by atoms with van der Waals surface area (Å²) in [6, 6.07) is 0. The molecule has 6 nitrogen and oxygen atoms in total. The standard InChI is InChI=1S/C18H38O6/c1-8-20-9-10-21-11-12-22-13-14-23-15-16(2,3)24-18(6,7)17(4,5)19/h19H,8-15H2,1-7H3. The fourth-order valence-corrected chi connectivity index (χ4v) is 1.87. The highest BCUT2D eigenvalue weighted by Crippen LogP contribution is 2.30. The van der Waals surface area contributed by atoms with E-state index in [4.69, 9.17) is 23.7 Å². The summed E-state index contributed by atoms with van der Waals surface area (Å²) in [4.78, 5) is 0. The van der Waals surface area contributed by atoms with Gasteiger partial charge in [-0.1, -0.05) is 0 Å². The van der Waals surface area contributed by atoms with Crippen LogP contribution in [0, 0.1) is 0 Å². The van der Waals surface area contributed by atoms with Gasteiger partial charge in [-0.15, -0.1) is 0 Å². The Bertz CT molecular complexity index is 309. The molecule has 0 atom stereocenters. The van der Waals surface area contributed by atoms with Crippen LogP contribution in [0.5, 0.6) is 0 Å². The first-order valence-corrected chi connectivity index (χ1v) is 8.75. The minimum atomic E-state index is -0.935. The van der Waals surface area contributed by atoms with Crippen molar-refractivity contribution >= 4 is 0 Å². The molecule has 0 aliphatic rings. The zero-order valence-corrected chi connectivity index (χ0v) is 16.6. The maximum absolute atomic E-state index is 10.2. The molecule has 0 aromatic rings. The van der Waals surface area contributed by atoms with Crippen molar-refractivity contribution in [3.8, 4) is 0 Å². The van der Waals surface area contributed by atoms with Crippen molar-refractivity contribution in [2.75, 3.05) is 52.9 Å². The molecular formula is C18H38O6. The fourth-order valence-electron chi connectivity index (χ4n) is 1.87. The predicted octanol–water partition coefficient (Wildman–Crippen LogP) is 2.42. The summed E-state index contributed by atoms with van der Waals surface area (Å²) in [6.07, 6.45) is 0. The molecule has 0 aliphatic carbocycles. The predicted molar refractivity (Wildman–Crippen MR) is 94.5 cm³/mol. The summed E-state index contributed by atoms with van der Waals surface area (Å²) in [5, 5.41) is 10.2. The molecule has 146 valence electrons. The van der Waals surface area contributed by atoms with Gasteiger partial charge in [-0.2, -0.15) is 0 Å². The van der Waals surface area contributed by atoms with Crippen LogP contribution in [-0.4, -0.2) is 74.8 Å². The van der Waals surface area contributed by atoms with E-state index in [1.165, 1.54) is 0 Å². The molecule has 0 aromatic heterocycles. The number of aliphatic hydroxyl groups is 1. The fraction of sp³-hybridized carbons (Fsp3) is 1.00. The highest BCUT2D eigenvalue weighted by Gasteiger charge is 2.40. The normalized spacial score (nSPS) is 13.5. The van der Waals surface area contributed by atoms with Crippen LogP contribution in [0.1, 0.15) is 48.5 Å². The molecule has 0 heterocycles. The number of rotatable bonds is 15. The number of ether oxygens (including phenoxy) is 5. The first-order chi connectivity index (χ1) is 11.0. The van der Waals surface area contributed by atoms with Crippen LogP contribution in [-0.2, 0) is 23.7 Å². The van der Waals surface area contributed by atoms with E-state index in [2.05, 4.69) is 0 Å². The third kappa shape index (κ3) is 11.3. The average Bonchev–Trinajstić information content (AvgIpc) is 2.42. The van der Waals surface area contributed by atoms with E-state index in [1.54, 1.807) is 13.8 Å². The van der Waals surface area contributed by atoms with Crippen molar-refractivity contribution in [3.63, 3.8) is 0 Å². The van der Waals surface area contributed by atoms with Crippen LogP contribution in [0.15, 0.2) is 0 Å². The molecule has 6 heteroatoms. The Hall–Kier alpha value is -0.240. The Kier molecular flexibility index (Phi) is 11.3. The molecule has 0 aromatic carbocycles. The van der Waals surface area contributed by atoms with Crippen molar-refractivity contribution in [1.82, 2.24) is 0 Å². The van der Waals surface area contributed by atoms with E-state index in [9.17, 15) is 5.11 Å². The summed E-state index contributed by atoms with van der Waals surface area (Å²) in [5.74, 6) is 0. The number of hydrogen-bond acceptors (Lipinski definition) is 6. The lowest BCUT2D eigenvalue weighted by atomic mass is 9.88. The van der Waals surface area contributed by atoms with Gasteiger partial charge < -0.3 is 28.8 Å². The van der Waals surface area contributed by atoms with Crippen LogP contribution in [0.4, 0.5) is 0 Å². The lowest BCUT2D eigenvalue weighted by Crippen LogP contribution is -2.52. The van der Waals surface area contributed by atoms with Gasteiger partial charge in [0, 0.05) is 6.61 Å². The highest BCUT2D eigenvalue weighted by molar-refractivity contribution is 4.90. The molecule has 0 saturated heterocycles. The monoisotopic (exact) mass is 350 g/mol. The van der Waals surface area contributed by atoms with Crippen LogP contribution in [0.2, 0.25) is 0 Å². The maximum atomic E-state index is 10.2. The zero-order chi connectivity index (χ0) is 18.7. The van der Waals surface area contributed by atoms with E-state index < -0.39 is 16.8 Å². The minimum absolute atomic E-state index is 0.431. The van der Waals surface area contributed by atoms with E-state index in [0.717, 1.165) is 0 Å². The van der Waals surface area contributed by atoms with Crippen molar-refractivity contribution in [3.05, 3.63) is 0 Å². The maximum Gasteiger partial charge on any atom is 0.0915 e. The Morgan fingerprint density at radius 2 is 1.08 bits per heavy atom. The molecule has 0 rings (SSSR count). The second-order valence-corrected chi connectivity index (χ2v) is 7.41. The van der Waals surface area contributed by atoms with E-state index in [-0.39, 0.29) is 0 Å². The molecular weight excluding hydrogens is 312 g/mol.